The number of fused-ring (bicyclic) bond motifs is 1. The summed E-state index contributed by atoms with van der Waals surface area (Å²) in [4.78, 5) is 1.09. The zero-order valence-electron chi connectivity index (χ0n) is 6.38. The van der Waals surface area contributed by atoms with Crippen molar-refractivity contribution in [1.82, 2.24) is 0 Å². The van der Waals surface area contributed by atoms with Crippen molar-refractivity contribution < 1.29 is 4.39 Å². The Bertz CT molecular complexity index is 408. The molecule has 0 aliphatic carbocycles. The highest BCUT2D eigenvalue weighted by Gasteiger charge is 2.00. The Hall–Kier alpha value is -0.930. The minimum atomic E-state index is -0.187. The first-order valence-corrected chi connectivity index (χ1v) is 4.49. The van der Waals surface area contributed by atoms with E-state index in [0.29, 0.717) is 6.54 Å². The van der Waals surface area contributed by atoms with Crippen LogP contribution in [0.1, 0.15) is 4.88 Å². The summed E-state index contributed by atoms with van der Waals surface area (Å²) in [6.07, 6.45) is 0. The molecule has 12 heavy (non-hydrogen) atoms. The van der Waals surface area contributed by atoms with Crippen LogP contribution in [0, 0.1) is 5.82 Å². The molecule has 0 amide bonds. The van der Waals surface area contributed by atoms with Gasteiger partial charge < -0.3 is 5.73 Å². The largest absolute Gasteiger partial charge is 0.326 e. The number of hydrogen-bond donors (Lipinski definition) is 1. The Kier molecular flexibility index (Phi) is 1.83. The van der Waals surface area contributed by atoms with E-state index in [1.165, 1.54) is 6.07 Å². The molecule has 1 nitrogen and oxygen atoms in total. The van der Waals surface area contributed by atoms with Crippen molar-refractivity contribution in [1.29, 1.82) is 0 Å². The second-order valence-corrected chi connectivity index (χ2v) is 3.77. The fourth-order valence-electron chi connectivity index (χ4n) is 1.16. The summed E-state index contributed by atoms with van der Waals surface area (Å²) in [5.41, 5.74) is 5.47. The SMILES string of the molecule is NCc1cc2ccc(F)cc2s1. The third-order valence-electron chi connectivity index (χ3n) is 1.73. The summed E-state index contributed by atoms with van der Waals surface area (Å²) < 4.78 is 13.7. The lowest BCUT2D eigenvalue weighted by Gasteiger charge is -1.86. The molecule has 0 unspecified atom stereocenters. The average molecular weight is 181 g/mol. The van der Waals surface area contributed by atoms with Crippen LogP contribution in [-0.2, 0) is 6.54 Å². The van der Waals surface area contributed by atoms with Crippen LogP contribution in [0.2, 0.25) is 0 Å². The molecule has 1 aromatic heterocycles. The maximum absolute atomic E-state index is 12.7. The second kappa shape index (κ2) is 2.84. The number of benzene rings is 1. The van der Waals surface area contributed by atoms with Gasteiger partial charge in [-0.1, -0.05) is 6.07 Å². The average Bonchev–Trinajstić information content (AvgIpc) is 2.46. The van der Waals surface area contributed by atoms with Gasteiger partial charge in [-0.25, -0.2) is 4.39 Å². The molecule has 0 radical (unpaired) electrons. The monoisotopic (exact) mass is 181 g/mol. The molecule has 1 aromatic carbocycles. The van der Waals surface area contributed by atoms with Gasteiger partial charge in [0, 0.05) is 16.1 Å². The molecule has 0 fully saturated rings. The normalized spacial score (nSPS) is 10.8. The first kappa shape index (κ1) is 7.71. The van der Waals surface area contributed by atoms with Crippen LogP contribution in [0.5, 0.6) is 0 Å². The van der Waals surface area contributed by atoms with E-state index in [-0.39, 0.29) is 5.82 Å². The quantitative estimate of drug-likeness (QED) is 0.718. The Morgan fingerprint density at radius 3 is 2.92 bits per heavy atom. The van der Waals surface area contributed by atoms with Gasteiger partial charge in [-0.2, -0.15) is 0 Å². The minimum Gasteiger partial charge on any atom is -0.326 e. The summed E-state index contributed by atoms with van der Waals surface area (Å²) in [5.74, 6) is -0.187. The van der Waals surface area contributed by atoms with E-state index in [1.807, 2.05) is 6.07 Å². The Morgan fingerprint density at radius 1 is 1.33 bits per heavy atom. The van der Waals surface area contributed by atoms with E-state index < -0.39 is 0 Å². The van der Waals surface area contributed by atoms with Gasteiger partial charge >= 0.3 is 0 Å². The standard InChI is InChI=1S/C9H8FNS/c10-7-2-1-6-3-8(5-11)12-9(6)4-7/h1-4H,5,11H2. The highest BCUT2D eigenvalue weighted by atomic mass is 32.1. The molecular formula is C9H8FNS. The molecule has 1 heterocycles. The number of halogens is 1. The molecule has 0 spiro atoms. The lowest BCUT2D eigenvalue weighted by molar-refractivity contribution is 0.630. The van der Waals surface area contributed by atoms with Crippen molar-refractivity contribution >= 4 is 21.4 Å². The first-order valence-electron chi connectivity index (χ1n) is 3.67. The van der Waals surface area contributed by atoms with Crippen LogP contribution < -0.4 is 5.73 Å². The van der Waals surface area contributed by atoms with Gasteiger partial charge in [0.25, 0.3) is 0 Å². The third-order valence-corrected chi connectivity index (χ3v) is 2.85. The molecule has 2 rings (SSSR count). The van der Waals surface area contributed by atoms with Gasteiger partial charge in [0.05, 0.1) is 0 Å². The summed E-state index contributed by atoms with van der Waals surface area (Å²) in [5, 5.41) is 1.07. The number of hydrogen-bond acceptors (Lipinski definition) is 2. The van der Waals surface area contributed by atoms with Crippen LogP contribution >= 0.6 is 11.3 Å². The fraction of sp³-hybridized carbons (Fsp3) is 0.111. The van der Waals surface area contributed by atoms with E-state index in [4.69, 9.17) is 5.73 Å². The van der Waals surface area contributed by atoms with Gasteiger partial charge in [0.15, 0.2) is 0 Å². The molecular weight excluding hydrogens is 173 g/mol. The maximum Gasteiger partial charge on any atom is 0.124 e. The fourth-order valence-corrected chi connectivity index (χ4v) is 2.13. The Morgan fingerprint density at radius 2 is 2.17 bits per heavy atom. The van der Waals surface area contributed by atoms with Gasteiger partial charge in [-0.3, -0.25) is 0 Å². The van der Waals surface area contributed by atoms with Gasteiger partial charge in [-0.05, 0) is 23.6 Å². The van der Waals surface area contributed by atoms with Crippen LogP contribution in [0.25, 0.3) is 10.1 Å². The molecule has 0 saturated heterocycles. The van der Waals surface area contributed by atoms with Crippen molar-refractivity contribution in [2.75, 3.05) is 0 Å². The number of thiophene rings is 1. The molecule has 3 heteroatoms. The van der Waals surface area contributed by atoms with Crippen molar-refractivity contribution in [2.24, 2.45) is 5.73 Å². The summed E-state index contributed by atoms with van der Waals surface area (Å²) in [6.45, 7) is 0.529. The summed E-state index contributed by atoms with van der Waals surface area (Å²) >= 11 is 1.55. The topological polar surface area (TPSA) is 26.0 Å². The molecule has 0 aliphatic rings. The van der Waals surface area contributed by atoms with Crippen LogP contribution in [0.15, 0.2) is 24.3 Å². The van der Waals surface area contributed by atoms with Gasteiger partial charge in [0.1, 0.15) is 5.82 Å². The van der Waals surface area contributed by atoms with Gasteiger partial charge in [0.2, 0.25) is 0 Å². The van der Waals surface area contributed by atoms with E-state index in [1.54, 1.807) is 23.5 Å². The molecule has 0 atom stereocenters. The number of nitrogens with two attached hydrogens (primary N) is 1. The molecule has 0 saturated carbocycles. The predicted molar refractivity (Wildman–Crippen MR) is 49.7 cm³/mol. The molecule has 0 bridgehead atoms. The summed E-state index contributed by atoms with van der Waals surface area (Å²) in [6, 6.07) is 6.79. The highest BCUT2D eigenvalue weighted by molar-refractivity contribution is 7.19. The van der Waals surface area contributed by atoms with E-state index in [0.717, 1.165) is 15.0 Å². The van der Waals surface area contributed by atoms with Crippen molar-refractivity contribution in [3.63, 3.8) is 0 Å². The second-order valence-electron chi connectivity index (χ2n) is 2.60. The highest BCUT2D eigenvalue weighted by Crippen LogP contribution is 2.25. The minimum absolute atomic E-state index is 0.187. The van der Waals surface area contributed by atoms with Crippen LogP contribution in [0.3, 0.4) is 0 Å². The lowest BCUT2D eigenvalue weighted by atomic mass is 10.2. The van der Waals surface area contributed by atoms with E-state index in [2.05, 4.69) is 0 Å². The van der Waals surface area contributed by atoms with Crippen molar-refractivity contribution in [3.8, 4) is 0 Å². The van der Waals surface area contributed by atoms with Crippen LogP contribution in [-0.4, -0.2) is 0 Å². The van der Waals surface area contributed by atoms with E-state index in [9.17, 15) is 4.39 Å². The Balaban J connectivity index is 2.67. The molecule has 2 aromatic rings. The zero-order valence-corrected chi connectivity index (χ0v) is 7.20. The predicted octanol–water partition coefficient (Wildman–Crippen LogP) is 2.50. The van der Waals surface area contributed by atoms with Crippen molar-refractivity contribution in [3.05, 3.63) is 35.0 Å². The summed E-state index contributed by atoms with van der Waals surface area (Å²) in [7, 11) is 0. The zero-order chi connectivity index (χ0) is 8.55. The van der Waals surface area contributed by atoms with E-state index >= 15 is 0 Å². The molecule has 2 N–H and O–H groups in total. The number of rotatable bonds is 1. The Labute approximate surface area is 73.6 Å². The maximum atomic E-state index is 12.7. The smallest absolute Gasteiger partial charge is 0.124 e. The molecule has 0 aliphatic heterocycles. The van der Waals surface area contributed by atoms with Crippen LogP contribution in [0.4, 0.5) is 4.39 Å². The van der Waals surface area contributed by atoms with Gasteiger partial charge in [-0.15, -0.1) is 11.3 Å². The first-order chi connectivity index (χ1) is 5.79. The molecule has 62 valence electrons. The van der Waals surface area contributed by atoms with Crippen molar-refractivity contribution in [2.45, 2.75) is 6.54 Å². The lowest BCUT2D eigenvalue weighted by Crippen LogP contribution is -1.90. The third kappa shape index (κ3) is 1.21.